The summed E-state index contributed by atoms with van der Waals surface area (Å²) in [5, 5.41) is 5.18. The Kier molecular flexibility index (Phi) is 6.16. The summed E-state index contributed by atoms with van der Waals surface area (Å²) in [6.45, 7) is 6.15. The highest BCUT2D eigenvalue weighted by atomic mass is 35.5. The first kappa shape index (κ1) is 21.2. The van der Waals surface area contributed by atoms with Gasteiger partial charge in [0.15, 0.2) is 0 Å². The number of nitrogens with one attached hydrogen (secondary N) is 1. The molecule has 2 aromatic heterocycles. The summed E-state index contributed by atoms with van der Waals surface area (Å²) in [5.41, 5.74) is 8.99. The highest BCUT2D eigenvalue weighted by Crippen LogP contribution is 2.27. The summed E-state index contributed by atoms with van der Waals surface area (Å²) >= 11 is 7.50. The molecule has 1 N–H and O–H groups in total. The molecule has 0 aliphatic heterocycles. The highest BCUT2D eigenvalue weighted by molar-refractivity contribution is 7.18. The molecule has 0 radical (unpaired) electrons. The Labute approximate surface area is 190 Å². The highest BCUT2D eigenvalue weighted by Gasteiger charge is 2.15. The number of hydrogen-bond donors (Lipinski definition) is 1. The number of carbonyl (C=O) groups is 1. The Balaban J connectivity index is 1.74. The van der Waals surface area contributed by atoms with Gasteiger partial charge in [-0.05, 0) is 61.7 Å². The average molecular weight is 448 g/mol. The van der Waals surface area contributed by atoms with Crippen LogP contribution in [0, 0.1) is 13.8 Å². The fourth-order valence-corrected chi connectivity index (χ4v) is 4.47. The van der Waals surface area contributed by atoms with E-state index in [-0.39, 0.29) is 5.91 Å². The maximum absolute atomic E-state index is 13.2. The smallest absolute Gasteiger partial charge is 0.267 e. The normalized spacial score (nSPS) is 11.7. The van der Waals surface area contributed by atoms with E-state index >= 15 is 0 Å². The van der Waals surface area contributed by atoms with Crippen LogP contribution in [0.1, 0.15) is 39.7 Å². The lowest BCUT2D eigenvalue weighted by Crippen LogP contribution is -2.20. The fraction of sp³-hybridized carbons (Fsp3) is 0.160. The van der Waals surface area contributed by atoms with Crippen LogP contribution in [0.2, 0.25) is 4.34 Å². The van der Waals surface area contributed by atoms with Gasteiger partial charge < -0.3 is 0 Å². The van der Waals surface area contributed by atoms with E-state index in [9.17, 15) is 4.79 Å². The third-order valence-corrected chi connectivity index (χ3v) is 6.53. The first-order chi connectivity index (χ1) is 15.0. The molecule has 6 heteroatoms. The van der Waals surface area contributed by atoms with Gasteiger partial charge in [-0.2, -0.15) is 5.10 Å². The number of rotatable bonds is 5. The van der Waals surface area contributed by atoms with Crippen LogP contribution in [0.4, 0.5) is 0 Å². The van der Waals surface area contributed by atoms with E-state index in [1.807, 2.05) is 55.5 Å². The molecule has 156 valence electrons. The zero-order valence-corrected chi connectivity index (χ0v) is 19.1. The lowest BCUT2D eigenvalue weighted by molar-refractivity contribution is 0.0956. The molecule has 0 fully saturated rings. The minimum Gasteiger partial charge on any atom is -0.267 e. The number of aryl methyl sites for hydroxylation is 2. The minimum absolute atomic E-state index is 0.266. The van der Waals surface area contributed by atoms with Crippen LogP contribution in [-0.4, -0.2) is 16.6 Å². The molecule has 0 spiro atoms. The maximum Gasteiger partial charge on any atom is 0.272 e. The first-order valence-electron chi connectivity index (χ1n) is 10.1. The first-order valence-corrected chi connectivity index (χ1v) is 11.3. The molecule has 0 saturated carbocycles. The molecule has 4 rings (SSSR count). The summed E-state index contributed by atoms with van der Waals surface area (Å²) in [7, 11) is 0. The van der Waals surface area contributed by atoms with Crippen molar-refractivity contribution in [1.29, 1.82) is 0 Å². The number of thiophene rings is 1. The monoisotopic (exact) mass is 447 g/mol. The van der Waals surface area contributed by atoms with Gasteiger partial charge in [-0.15, -0.1) is 11.3 Å². The quantitative estimate of drug-likeness (QED) is 0.271. The van der Waals surface area contributed by atoms with Gasteiger partial charge in [0.2, 0.25) is 0 Å². The van der Waals surface area contributed by atoms with Crippen molar-refractivity contribution in [3.8, 4) is 11.3 Å². The SMILES string of the molecule is CCC(=NNC(=O)c1cc(-c2ccc(C)c(C)c2)nc2ccccc12)c1ccc(Cl)s1. The minimum atomic E-state index is -0.266. The number of amides is 1. The van der Waals surface area contributed by atoms with E-state index < -0.39 is 0 Å². The third kappa shape index (κ3) is 4.53. The van der Waals surface area contributed by atoms with Crippen molar-refractivity contribution < 1.29 is 4.79 Å². The number of para-hydroxylation sites is 1. The summed E-state index contributed by atoms with van der Waals surface area (Å²) in [6, 6.07) is 19.5. The van der Waals surface area contributed by atoms with Gasteiger partial charge in [-0.3, -0.25) is 4.79 Å². The predicted octanol–water partition coefficient (Wildman–Crippen LogP) is 6.78. The van der Waals surface area contributed by atoms with Gasteiger partial charge in [0.05, 0.1) is 31.7 Å². The second-order valence-corrected chi connectivity index (χ2v) is 9.04. The van der Waals surface area contributed by atoms with Crippen molar-refractivity contribution in [1.82, 2.24) is 10.4 Å². The Hall–Kier alpha value is -3.02. The Morgan fingerprint density at radius 3 is 2.58 bits per heavy atom. The number of benzene rings is 2. The van der Waals surface area contributed by atoms with Gasteiger partial charge >= 0.3 is 0 Å². The number of halogens is 1. The van der Waals surface area contributed by atoms with Crippen LogP contribution < -0.4 is 5.43 Å². The summed E-state index contributed by atoms with van der Waals surface area (Å²) in [4.78, 5) is 18.9. The number of hydrogen-bond acceptors (Lipinski definition) is 4. The van der Waals surface area contributed by atoms with Gasteiger partial charge in [-0.1, -0.05) is 48.9 Å². The van der Waals surface area contributed by atoms with E-state index in [0.29, 0.717) is 16.3 Å². The Bertz CT molecular complexity index is 1310. The molecule has 2 heterocycles. The van der Waals surface area contributed by atoms with Crippen molar-refractivity contribution in [3.63, 3.8) is 0 Å². The number of carbonyl (C=O) groups excluding carboxylic acids is 1. The zero-order chi connectivity index (χ0) is 22.0. The lowest BCUT2D eigenvalue weighted by atomic mass is 10.0. The lowest BCUT2D eigenvalue weighted by Gasteiger charge is -2.11. The van der Waals surface area contributed by atoms with Gasteiger partial charge in [0.25, 0.3) is 5.91 Å². The fourth-order valence-electron chi connectivity index (χ4n) is 3.37. The topological polar surface area (TPSA) is 54.4 Å². The summed E-state index contributed by atoms with van der Waals surface area (Å²) in [6.07, 6.45) is 0.683. The van der Waals surface area contributed by atoms with Gasteiger partial charge in [0, 0.05) is 10.9 Å². The molecule has 4 nitrogen and oxygen atoms in total. The number of pyridine rings is 1. The Morgan fingerprint density at radius 2 is 1.87 bits per heavy atom. The number of fused-ring (bicyclic) bond motifs is 1. The van der Waals surface area contributed by atoms with E-state index in [1.54, 1.807) is 0 Å². The molecule has 0 unspecified atom stereocenters. The van der Waals surface area contributed by atoms with Crippen molar-refractivity contribution in [2.45, 2.75) is 27.2 Å². The van der Waals surface area contributed by atoms with E-state index in [4.69, 9.17) is 16.6 Å². The molecule has 4 aromatic rings. The second-order valence-electron chi connectivity index (χ2n) is 7.33. The van der Waals surface area contributed by atoms with Crippen LogP contribution in [-0.2, 0) is 0 Å². The van der Waals surface area contributed by atoms with E-state index in [2.05, 4.69) is 36.5 Å². The molecule has 0 aliphatic carbocycles. The summed E-state index contributed by atoms with van der Waals surface area (Å²) in [5.74, 6) is -0.266. The predicted molar refractivity (Wildman–Crippen MR) is 130 cm³/mol. The summed E-state index contributed by atoms with van der Waals surface area (Å²) < 4.78 is 0.695. The van der Waals surface area contributed by atoms with Crippen LogP contribution in [0.3, 0.4) is 0 Å². The molecular weight excluding hydrogens is 426 g/mol. The van der Waals surface area contributed by atoms with E-state index in [1.165, 1.54) is 22.5 Å². The van der Waals surface area contributed by atoms with Crippen LogP contribution in [0.5, 0.6) is 0 Å². The zero-order valence-electron chi connectivity index (χ0n) is 17.6. The number of aromatic nitrogens is 1. The number of hydrazone groups is 1. The molecule has 0 saturated heterocycles. The maximum atomic E-state index is 13.2. The molecular formula is C25H22ClN3OS. The molecule has 31 heavy (non-hydrogen) atoms. The van der Waals surface area contributed by atoms with Crippen molar-refractivity contribution in [2.75, 3.05) is 0 Å². The van der Waals surface area contributed by atoms with Crippen LogP contribution in [0.15, 0.2) is 65.8 Å². The average Bonchev–Trinajstić information content (AvgIpc) is 3.21. The second kappa shape index (κ2) is 9.00. The largest absolute Gasteiger partial charge is 0.272 e. The van der Waals surface area contributed by atoms with Crippen molar-refractivity contribution in [3.05, 3.63) is 86.6 Å². The van der Waals surface area contributed by atoms with E-state index in [0.717, 1.165) is 32.7 Å². The molecule has 0 atom stereocenters. The molecule has 0 bridgehead atoms. The molecule has 1 amide bonds. The standard InChI is InChI=1S/C25H22ClN3OS/c1-4-20(23-11-12-24(26)31-23)28-29-25(30)19-14-22(17-10-9-15(2)16(3)13-17)27-21-8-6-5-7-18(19)21/h5-14H,4H2,1-3H3,(H,29,30). The van der Waals surface area contributed by atoms with Crippen molar-refractivity contribution >= 4 is 45.5 Å². The van der Waals surface area contributed by atoms with Crippen molar-refractivity contribution in [2.24, 2.45) is 5.10 Å². The number of nitrogens with zero attached hydrogens (tertiary/aromatic N) is 2. The van der Waals surface area contributed by atoms with Crippen LogP contribution in [0.25, 0.3) is 22.2 Å². The Morgan fingerprint density at radius 1 is 1.06 bits per heavy atom. The third-order valence-electron chi connectivity index (χ3n) is 5.25. The van der Waals surface area contributed by atoms with Gasteiger partial charge in [-0.25, -0.2) is 10.4 Å². The molecule has 2 aromatic carbocycles. The molecule has 0 aliphatic rings. The van der Waals surface area contributed by atoms with Gasteiger partial charge in [0.1, 0.15) is 0 Å². The van der Waals surface area contributed by atoms with Crippen LogP contribution >= 0.6 is 22.9 Å².